The molecule has 4 rings (SSSR count). The molecule has 0 unspecified atom stereocenters. The Morgan fingerprint density at radius 2 is 1.77 bits per heavy atom. The Hall–Kier alpha value is -2.99. The maximum absolute atomic E-state index is 6.04. The number of hydrogen-bond acceptors (Lipinski definition) is 5. The van der Waals surface area contributed by atoms with Crippen LogP contribution in [0.25, 0.3) is 22.7 Å². The predicted molar refractivity (Wildman–Crippen MR) is 104 cm³/mol. The molecule has 0 radical (unpaired) electrons. The van der Waals surface area contributed by atoms with Crippen molar-refractivity contribution in [1.29, 1.82) is 0 Å². The van der Waals surface area contributed by atoms with Crippen LogP contribution in [0.3, 0.4) is 0 Å². The van der Waals surface area contributed by atoms with Gasteiger partial charge in [-0.1, -0.05) is 59.8 Å². The van der Waals surface area contributed by atoms with Crippen LogP contribution in [0.1, 0.15) is 11.3 Å². The molecular formula is C20H18N4OS. The quantitative estimate of drug-likeness (QED) is 0.417. The fourth-order valence-electron chi connectivity index (χ4n) is 2.57. The van der Waals surface area contributed by atoms with Gasteiger partial charge in [-0.15, -0.1) is 0 Å². The molecule has 0 bridgehead atoms. The van der Waals surface area contributed by atoms with E-state index in [0.29, 0.717) is 11.6 Å². The highest BCUT2D eigenvalue weighted by Crippen LogP contribution is 2.26. The minimum Gasteiger partial charge on any atom is -0.444 e. The number of oxazole rings is 1. The molecule has 26 heavy (non-hydrogen) atoms. The van der Waals surface area contributed by atoms with E-state index in [-0.39, 0.29) is 0 Å². The number of aromatic nitrogens is 3. The third kappa shape index (κ3) is 3.50. The zero-order chi connectivity index (χ0) is 17.9. The number of imidazole rings is 1. The summed E-state index contributed by atoms with van der Waals surface area (Å²) < 4.78 is 7.15. The maximum atomic E-state index is 6.04. The van der Waals surface area contributed by atoms with Gasteiger partial charge in [-0.05, 0) is 19.1 Å². The van der Waals surface area contributed by atoms with Crippen molar-refractivity contribution < 1.29 is 4.42 Å². The van der Waals surface area contributed by atoms with E-state index in [9.17, 15) is 0 Å². The number of rotatable bonds is 5. The number of aryl methyl sites for hydroxylation is 1. The lowest BCUT2D eigenvalue weighted by molar-refractivity contribution is 0.573. The fourth-order valence-corrected chi connectivity index (χ4v) is 3.35. The first kappa shape index (κ1) is 16.5. The van der Waals surface area contributed by atoms with Crippen LogP contribution in [0.4, 0.5) is 0 Å². The second kappa shape index (κ2) is 7.09. The maximum Gasteiger partial charge on any atom is 0.226 e. The number of nitrogen functional groups attached to an aromatic ring is 1. The lowest BCUT2D eigenvalue weighted by Gasteiger charge is -1.98. The van der Waals surface area contributed by atoms with Crippen molar-refractivity contribution in [2.45, 2.75) is 17.8 Å². The zero-order valence-electron chi connectivity index (χ0n) is 14.3. The number of thioether (sulfide) groups is 1. The molecule has 130 valence electrons. The van der Waals surface area contributed by atoms with Crippen LogP contribution in [0.2, 0.25) is 0 Å². The number of nitrogens with two attached hydrogens (primary N) is 1. The van der Waals surface area contributed by atoms with Gasteiger partial charge in [0.25, 0.3) is 0 Å². The van der Waals surface area contributed by atoms with Crippen LogP contribution >= 0.6 is 11.8 Å². The van der Waals surface area contributed by atoms with Crippen molar-refractivity contribution in [3.8, 4) is 22.7 Å². The second-order valence-corrected chi connectivity index (χ2v) is 6.92. The fraction of sp³-hybridized carbons (Fsp3) is 0.100. The van der Waals surface area contributed by atoms with Crippen molar-refractivity contribution in [3.05, 3.63) is 78.3 Å². The monoisotopic (exact) mass is 362 g/mol. The standard InChI is InChI=1S/C20H18N4OS/c1-14-7-9-16(10-8-14)19-22-17(12-25-19)13-26-20-23-18(11-24(20)21)15-5-3-2-4-6-15/h2-12H,13,21H2,1H3. The largest absolute Gasteiger partial charge is 0.444 e. The first-order valence-electron chi connectivity index (χ1n) is 8.23. The van der Waals surface area contributed by atoms with Gasteiger partial charge in [0, 0.05) is 16.9 Å². The van der Waals surface area contributed by atoms with Gasteiger partial charge in [-0.25, -0.2) is 14.6 Å². The van der Waals surface area contributed by atoms with Crippen molar-refractivity contribution in [3.63, 3.8) is 0 Å². The van der Waals surface area contributed by atoms with Gasteiger partial charge >= 0.3 is 0 Å². The third-order valence-electron chi connectivity index (χ3n) is 3.97. The highest BCUT2D eigenvalue weighted by Gasteiger charge is 2.11. The molecule has 0 aliphatic heterocycles. The molecule has 0 aliphatic rings. The zero-order valence-corrected chi connectivity index (χ0v) is 15.1. The van der Waals surface area contributed by atoms with E-state index < -0.39 is 0 Å². The van der Waals surface area contributed by atoms with Gasteiger partial charge in [0.05, 0.1) is 17.6 Å². The molecule has 0 saturated carbocycles. The highest BCUT2D eigenvalue weighted by molar-refractivity contribution is 7.98. The molecule has 0 atom stereocenters. The molecule has 0 fully saturated rings. The Bertz CT molecular complexity index is 1010. The van der Waals surface area contributed by atoms with Gasteiger partial charge in [-0.3, -0.25) is 0 Å². The molecular weight excluding hydrogens is 344 g/mol. The van der Waals surface area contributed by atoms with Crippen molar-refractivity contribution >= 4 is 11.8 Å². The summed E-state index contributed by atoms with van der Waals surface area (Å²) in [6, 6.07) is 18.1. The molecule has 2 aromatic carbocycles. The molecule has 2 heterocycles. The summed E-state index contributed by atoms with van der Waals surface area (Å²) in [7, 11) is 0. The number of hydrogen-bond donors (Lipinski definition) is 1. The van der Waals surface area contributed by atoms with E-state index >= 15 is 0 Å². The molecule has 2 N–H and O–H groups in total. The average Bonchev–Trinajstić information content (AvgIpc) is 3.28. The van der Waals surface area contributed by atoms with Crippen LogP contribution < -0.4 is 5.84 Å². The minimum atomic E-state index is 0.627. The van der Waals surface area contributed by atoms with Gasteiger partial charge in [0.1, 0.15) is 6.26 Å². The van der Waals surface area contributed by atoms with Gasteiger partial charge in [0.2, 0.25) is 5.89 Å². The minimum absolute atomic E-state index is 0.627. The summed E-state index contributed by atoms with van der Waals surface area (Å²) in [4.78, 5) is 9.17. The Morgan fingerprint density at radius 3 is 2.54 bits per heavy atom. The predicted octanol–water partition coefficient (Wildman–Crippen LogP) is 4.52. The van der Waals surface area contributed by atoms with Crippen LogP contribution in [-0.2, 0) is 5.75 Å². The number of benzene rings is 2. The molecule has 0 amide bonds. The molecule has 0 aliphatic carbocycles. The molecule has 0 saturated heterocycles. The topological polar surface area (TPSA) is 69.9 Å². The summed E-state index contributed by atoms with van der Waals surface area (Å²) >= 11 is 1.53. The molecule has 6 heteroatoms. The molecule has 4 aromatic rings. The van der Waals surface area contributed by atoms with Crippen LogP contribution in [-0.4, -0.2) is 14.6 Å². The summed E-state index contributed by atoms with van der Waals surface area (Å²) in [6.45, 7) is 2.06. The molecule has 0 spiro atoms. The SMILES string of the molecule is Cc1ccc(-c2nc(CSc3nc(-c4ccccc4)cn3N)co2)cc1. The van der Waals surface area contributed by atoms with E-state index in [0.717, 1.165) is 27.7 Å². The van der Waals surface area contributed by atoms with E-state index in [2.05, 4.69) is 16.9 Å². The average molecular weight is 362 g/mol. The van der Waals surface area contributed by atoms with E-state index in [1.807, 2.05) is 60.8 Å². The summed E-state index contributed by atoms with van der Waals surface area (Å²) in [6.07, 6.45) is 3.52. The van der Waals surface area contributed by atoms with E-state index in [1.54, 1.807) is 10.9 Å². The van der Waals surface area contributed by atoms with Crippen LogP contribution in [0.5, 0.6) is 0 Å². The molecule has 2 aromatic heterocycles. The Kier molecular flexibility index (Phi) is 4.50. The van der Waals surface area contributed by atoms with Gasteiger partial charge in [-0.2, -0.15) is 0 Å². The van der Waals surface area contributed by atoms with Gasteiger partial charge in [0.15, 0.2) is 5.16 Å². The van der Waals surface area contributed by atoms with Crippen LogP contribution in [0.15, 0.2) is 76.6 Å². The van der Waals surface area contributed by atoms with E-state index in [4.69, 9.17) is 10.3 Å². The lowest BCUT2D eigenvalue weighted by atomic mass is 10.1. The Labute approximate surface area is 155 Å². The Morgan fingerprint density at radius 1 is 1.00 bits per heavy atom. The number of nitrogens with zero attached hydrogens (tertiary/aromatic N) is 3. The third-order valence-corrected chi connectivity index (χ3v) is 4.97. The van der Waals surface area contributed by atoms with Crippen molar-refractivity contribution in [2.75, 3.05) is 5.84 Å². The highest BCUT2D eigenvalue weighted by atomic mass is 32.2. The normalized spacial score (nSPS) is 11.0. The summed E-state index contributed by atoms with van der Waals surface area (Å²) in [5.41, 5.74) is 4.94. The van der Waals surface area contributed by atoms with Crippen molar-refractivity contribution in [2.24, 2.45) is 0 Å². The lowest BCUT2D eigenvalue weighted by Crippen LogP contribution is -2.07. The van der Waals surface area contributed by atoms with E-state index in [1.165, 1.54) is 17.3 Å². The smallest absolute Gasteiger partial charge is 0.226 e. The van der Waals surface area contributed by atoms with Gasteiger partial charge < -0.3 is 10.3 Å². The van der Waals surface area contributed by atoms with Crippen LogP contribution in [0, 0.1) is 6.92 Å². The Balaban J connectivity index is 1.46. The molecule has 5 nitrogen and oxygen atoms in total. The second-order valence-electron chi connectivity index (χ2n) is 5.98. The van der Waals surface area contributed by atoms with Crippen molar-refractivity contribution in [1.82, 2.24) is 14.6 Å². The summed E-state index contributed by atoms with van der Waals surface area (Å²) in [5, 5.41) is 0.740. The first-order valence-corrected chi connectivity index (χ1v) is 9.22. The first-order chi connectivity index (χ1) is 12.7. The summed E-state index contributed by atoms with van der Waals surface area (Å²) in [5.74, 6) is 7.31.